The van der Waals surface area contributed by atoms with Gasteiger partial charge in [-0.25, -0.2) is 15.0 Å². The molecule has 0 saturated carbocycles. The minimum atomic E-state index is 0.300. The summed E-state index contributed by atoms with van der Waals surface area (Å²) in [5.41, 5.74) is 17.9. The lowest BCUT2D eigenvalue weighted by atomic mass is 10.0. The molecule has 0 bridgehead atoms. The molecule has 3 rings (SSSR count). The number of hydrogen-bond donors (Lipinski definition) is 2. The first kappa shape index (κ1) is 14.3. The van der Waals surface area contributed by atoms with Gasteiger partial charge in [-0.3, -0.25) is 0 Å². The van der Waals surface area contributed by atoms with Gasteiger partial charge in [0.15, 0.2) is 0 Å². The van der Waals surface area contributed by atoms with Crippen molar-refractivity contribution < 1.29 is 0 Å². The highest BCUT2D eigenvalue weighted by Crippen LogP contribution is 2.26. The zero-order valence-corrected chi connectivity index (χ0v) is 12.8. The number of rotatable bonds is 3. The summed E-state index contributed by atoms with van der Waals surface area (Å²) in [5, 5.41) is 0. The molecular weight excluding hydrogens is 274 g/mol. The smallest absolute Gasteiger partial charge is 0.220 e. The minimum absolute atomic E-state index is 0.300. The van der Waals surface area contributed by atoms with Gasteiger partial charge in [0, 0.05) is 11.3 Å². The fourth-order valence-corrected chi connectivity index (χ4v) is 2.63. The van der Waals surface area contributed by atoms with Crippen molar-refractivity contribution in [1.29, 1.82) is 0 Å². The van der Waals surface area contributed by atoms with Crippen LogP contribution in [0.1, 0.15) is 24.6 Å². The van der Waals surface area contributed by atoms with Crippen LogP contribution in [0.15, 0.2) is 30.3 Å². The zero-order valence-electron chi connectivity index (χ0n) is 12.8. The summed E-state index contributed by atoms with van der Waals surface area (Å²) in [5.74, 6) is 0.300. The van der Waals surface area contributed by atoms with Gasteiger partial charge >= 0.3 is 0 Å². The van der Waals surface area contributed by atoms with Crippen molar-refractivity contribution in [3.8, 4) is 11.3 Å². The van der Waals surface area contributed by atoms with E-state index in [1.807, 2.05) is 37.3 Å². The van der Waals surface area contributed by atoms with Gasteiger partial charge in [0.25, 0.3) is 0 Å². The summed E-state index contributed by atoms with van der Waals surface area (Å²) in [6.45, 7) is 4.14. The first-order valence-corrected chi connectivity index (χ1v) is 7.38. The molecule has 2 heterocycles. The number of nitrogens with two attached hydrogens (primary N) is 2. The average Bonchev–Trinajstić information content (AvgIpc) is 2.47. The van der Waals surface area contributed by atoms with Crippen LogP contribution < -0.4 is 11.5 Å². The third-order valence-electron chi connectivity index (χ3n) is 3.65. The van der Waals surface area contributed by atoms with Gasteiger partial charge in [0.2, 0.25) is 5.95 Å². The Balaban J connectivity index is 2.20. The van der Waals surface area contributed by atoms with Crippen molar-refractivity contribution in [2.24, 2.45) is 0 Å². The van der Waals surface area contributed by atoms with Crippen molar-refractivity contribution in [3.63, 3.8) is 0 Å². The predicted molar refractivity (Wildman–Crippen MR) is 90.3 cm³/mol. The van der Waals surface area contributed by atoms with E-state index in [4.69, 9.17) is 16.5 Å². The number of nitrogen functional groups attached to an aromatic ring is 2. The molecule has 0 atom stereocenters. The van der Waals surface area contributed by atoms with E-state index in [1.165, 1.54) is 0 Å². The van der Waals surface area contributed by atoms with E-state index in [9.17, 15) is 0 Å². The number of benzene rings is 1. The molecule has 5 nitrogen and oxygen atoms in total. The summed E-state index contributed by atoms with van der Waals surface area (Å²) in [6.07, 6.45) is 1.82. The van der Waals surface area contributed by atoms with Gasteiger partial charge in [-0.2, -0.15) is 0 Å². The first-order chi connectivity index (χ1) is 10.6. The number of nitrogens with zero attached hydrogens (tertiary/aromatic N) is 3. The van der Waals surface area contributed by atoms with E-state index in [-0.39, 0.29) is 0 Å². The molecule has 4 N–H and O–H groups in total. The van der Waals surface area contributed by atoms with Gasteiger partial charge in [0.05, 0.1) is 16.9 Å². The van der Waals surface area contributed by atoms with Gasteiger partial charge in [-0.1, -0.05) is 19.4 Å². The van der Waals surface area contributed by atoms with Gasteiger partial charge in [-0.15, -0.1) is 0 Å². The predicted octanol–water partition coefficient (Wildman–Crippen LogP) is 3.12. The number of pyridine rings is 1. The largest absolute Gasteiger partial charge is 0.399 e. The second-order valence-electron chi connectivity index (χ2n) is 5.42. The summed E-state index contributed by atoms with van der Waals surface area (Å²) in [7, 11) is 0. The van der Waals surface area contributed by atoms with Gasteiger partial charge in [0.1, 0.15) is 5.52 Å². The Morgan fingerprint density at radius 1 is 1.00 bits per heavy atom. The molecule has 5 heteroatoms. The van der Waals surface area contributed by atoms with Crippen LogP contribution in [0.3, 0.4) is 0 Å². The molecule has 0 aliphatic rings. The minimum Gasteiger partial charge on any atom is -0.399 e. The van der Waals surface area contributed by atoms with Crippen molar-refractivity contribution >= 4 is 22.7 Å². The van der Waals surface area contributed by atoms with Crippen LogP contribution in [0.5, 0.6) is 0 Å². The van der Waals surface area contributed by atoms with Crippen LogP contribution >= 0.6 is 0 Å². The average molecular weight is 293 g/mol. The molecule has 112 valence electrons. The lowest BCUT2D eigenvalue weighted by molar-refractivity contribution is 0.885. The molecule has 0 aliphatic carbocycles. The molecule has 0 radical (unpaired) electrons. The van der Waals surface area contributed by atoms with Crippen LogP contribution in [0, 0.1) is 6.92 Å². The van der Waals surface area contributed by atoms with Crippen LogP contribution in [0.25, 0.3) is 22.3 Å². The Kier molecular flexibility index (Phi) is 3.63. The van der Waals surface area contributed by atoms with E-state index < -0.39 is 0 Å². The highest BCUT2D eigenvalue weighted by Gasteiger charge is 2.10. The second-order valence-corrected chi connectivity index (χ2v) is 5.42. The summed E-state index contributed by atoms with van der Waals surface area (Å²) in [4.78, 5) is 13.4. The Labute approximate surface area is 129 Å². The normalized spacial score (nSPS) is 11.0. The fraction of sp³-hybridized carbons (Fsp3) is 0.235. The van der Waals surface area contributed by atoms with Crippen molar-refractivity contribution in [2.45, 2.75) is 26.7 Å². The van der Waals surface area contributed by atoms with E-state index in [1.54, 1.807) is 0 Å². The van der Waals surface area contributed by atoms with E-state index in [2.05, 4.69) is 16.9 Å². The Hall–Kier alpha value is -2.69. The molecule has 3 aromatic rings. The van der Waals surface area contributed by atoms with Crippen molar-refractivity contribution in [3.05, 3.63) is 41.6 Å². The Bertz CT molecular complexity index is 842. The maximum absolute atomic E-state index is 5.82. The quantitative estimate of drug-likeness (QED) is 0.724. The maximum atomic E-state index is 5.82. The van der Waals surface area contributed by atoms with Gasteiger partial charge < -0.3 is 11.5 Å². The van der Waals surface area contributed by atoms with E-state index >= 15 is 0 Å². The standard InChI is InChI=1S/C17H19N5/c1-3-4-14-16-15(22-17(19)21-14)8-7-13(20-16)12-6-5-11(18)9-10(12)2/h5-9H,3-4,18H2,1-2H3,(H2,19,21,22). The number of aryl methyl sites for hydroxylation is 2. The molecular formula is C17H19N5. The monoisotopic (exact) mass is 293 g/mol. The van der Waals surface area contributed by atoms with Crippen LogP contribution in [0.4, 0.5) is 11.6 Å². The number of fused-ring (bicyclic) bond motifs is 1. The van der Waals surface area contributed by atoms with Gasteiger partial charge in [-0.05, 0) is 43.2 Å². The third kappa shape index (κ3) is 2.57. The van der Waals surface area contributed by atoms with Crippen molar-refractivity contribution in [1.82, 2.24) is 15.0 Å². The second kappa shape index (κ2) is 5.60. The molecule has 0 saturated heterocycles. The third-order valence-corrected chi connectivity index (χ3v) is 3.65. The summed E-state index contributed by atoms with van der Waals surface area (Å²) < 4.78 is 0. The number of hydrogen-bond acceptors (Lipinski definition) is 5. The topological polar surface area (TPSA) is 90.7 Å². The SMILES string of the molecule is CCCc1nc(N)nc2ccc(-c3ccc(N)cc3C)nc12. The Morgan fingerprint density at radius 3 is 2.55 bits per heavy atom. The van der Waals surface area contributed by atoms with E-state index in [0.717, 1.165) is 52.1 Å². The molecule has 22 heavy (non-hydrogen) atoms. The molecule has 0 amide bonds. The van der Waals surface area contributed by atoms with Crippen LogP contribution in [-0.4, -0.2) is 15.0 Å². The van der Waals surface area contributed by atoms with Crippen molar-refractivity contribution in [2.75, 3.05) is 11.5 Å². The summed E-state index contributed by atoms with van der Waals surface area (Å²) in [6, 6.07) is 9.75. The first-order valence-electron chi connectivity index (χ1n) is 7.38. The number of anilines is 2. The van der Waals surface area contributed by atoms with Crippen LogP contribution in [0.2, 0.25) is 0 Å². The highest BCUT2D eigenvalue weighted by molar-refractivity contribution is 5.81. The fourth-order valence-electron chi connectivity index (χ4n) is 2.63. The molecule has 0 spiro atoms. The van der Waals surface area contributed by atoms with Crippen LogP contribution in [-0.2, 0) is 6.42 Å². The molecule has 2 aromatic heterocycles. The lowest BCUT2D eigenvalue weighted by Gasteiger charge is -2.09. The number of aromatic nitrogens is 3. The molecule has 0 aliphatic heterocycles. The molecule has 0 unspecified atom stereocenters. The lowest BCUT2D eigenvalue weighted by Crippen LogP contribution is -2.02. The zero-order chi connectivity index (χ0) is 15.7. The summed E-state index contributed by atoms with van der Waals surface area (Å²) >= 11 is 0. The van der Waals surface area contributed by atoms with E-state index in [0.29, 0.717) is 5.95 Å². The molecule has 0 fully saturated rings. The maximum Gasteiger partial charge on any atom is 0.220 e. The highest BCUT2D eigenvalue weighted by atomic mass is 15.0. The molecule has 1 aromatic carbocycles. The Morgan fingerprint density at radius 2 is 1.82 bits per heavy atom.